The van der Waals surface area contributed by atoms with Crippen LogP contribution in [-0.4, -0.2) is 18.9 Å². The summed E-state index contributed by atoms with van der Waals surface area (Å²) in [6.07, 6.45) is 0. The molecular formula is C19H19ClN2O2. The number of benzene rings is 2. The molecule has 0 aromatic heterocycles. The Morgan fingerprint density at radius 3 is 2.62 bits per heavy atom. The fourth-order valence-electron chi connectivity index (χ4n) is 3.03. The van der Waals surface area contributed by atoms with Crippen LogP contribution in [0.15, 0.2) is 42.5 Å². The largest absolute Gasteiger partial charge is 0.348 e. The lowest BCUT2D eigenvalue weighted by molar-refractivity contribution is -0.121. The van der Waals surface area contributed by atoms with E-state index in [9.17, 15) is 9.59 Å². The Balaban J connectivity index is 1.82. The first-order chi connectivity index (χ1) is 11.3. The van der Waals surface area contributed by atoms with Gasteiger partial charge in [0, 0.05) is 29.9 Å². The van der Waals surface area contributed by atoms with Gasteiger partial charge in [-0.2, -0.15) is 0 Å². The van der Waals surface area contributed by atoms with E-state index in [-0.39, 0.29) is 11.8 Å². The first kappa shape index (κ1) is 16.5. The van der Waals surface area contributed by atoms with E-state index in [1.54, 1.807) is 30.1 Å². The van der Waals surface area contributed by atoms with Gasteiger partial charge in [-0.25, -0.2) is 0 Å². The van der Waals surface area contributed by atoms with Crippen molar-refractivity contribution in [3.05, 3.63) is 64.2 Å². The van der Waals surface area contributed by atoms with Crippen molar-refractivity contribution in [3.8, 4) is 0 Å². The van der Waals surface area contributed by atoms with Crippen LogP contribution in [0.2, 0.25) is 5.02 Å². The zero-order chi connectivity index (χ0) is 17.5. The van der Waals surface area contributed by atoms with Gasteiger partial charge >= 0.3 is 0 Å². The maximum absolute atomic E-state index is 12.5. The molecule has 2 amide bonds. The van der Waals surface area contributed by atoms with E-state index < -0.39 is 5.41 Å². The summed E-state index contributed by atoms with van der Waals surface area (Å²) in [6.45, 7) is 4.12. The molecule has 4 nitrogen and oxygen atoms in total. The van der Waals surface area contributed by atoms with Crippen molar-refractivity contribution in [2.75, 3.05) is 11.9 Å². The number of halogens is 1. The Hall–Kier alpha value is -2.33. The quantitative estimate of drug-likeness (QED) is 0.927. The third-order valence-electron chi connectivity index (χ3n) is 4.53. The average Bonchev–Trinajstić information content (AvgIpc) is 2.74. The van der Waals surface area contributed by atoms with Crippen molar-refractivity contribution in [1.29, 1.82) is 0 Å². The lowest BCUT2D eigenvalue weighted by Crippen LogP contribution is -2.33. The minimum Gasteiger partial charge on any atom is -0.348 e. The van der Waals surface area contributed by atoms with Crippen molar-refractivity contribution in [2.45, 2.75) is 25.8 Å². The number of likely N-dealkylation sites (N-methyl/N-ethyl adjacent to an activating group) is 1. The number of hydrogen-bond donors (Lipinski definition) is 1. The van der Waals surface area contributed by atoms with Crippen LogP contribution in [0.25, 0.3) is 0 Å². The van der Waals surface area contributed by atoms with E-state index in [0.29, 0.717) is 17.1 Å². The van der Waals surface area contributed by atoms with E-state index in [1.165, 1.54) is 0 Å². The summed E-state index contributed by atoms with van der Waals surface area (Å²) in [5.41, 5.74) is 2.51. The van der Waals surface area contributed by atoms with E-state index >= 15 is 0 Å². The van der Waals surface area contributed by atoms with Gasteiger partial charge in [0.05, 0.1) is 5.41 Å². The molecule has 0 atom stereocenters. The van der Waals surface area contributed by atoms with Crippen LogP contribution in [-0.2, 0) is 16.8 Å². The molecule has 2 aromatic carbocycles. The molecule has 3 rings (SSSR count). The Bertz CT molecular complexity index is 830. The molecule has 0 spiro atoms. The molecule has 0 fully saturated rings. The third kappa shape index (κ3) is 2.67. The molecule has 0 aliphatic carbocycles. The highest BCUT2D eigenvalue weighted by molar-refractivity contribution is 6.31. The standard InChI is InChI=1S/C19H19ClN2O2/c1-19(2)14-10-12(8-9-16(14)22(3)18(19)24)17(23)21-11-13-6-4-5-7-15(13)20/h4-10H,11H2,1-3H3,(H,21,23). The Morgan fingerprint density at radius 1 is 1.21 bits per heavy atom. The number of carbonyl (C=O) groups excluding carboxylic acids is 2. The number of amides is 2. The van der Waals surface area contributed by atoms with Gasteiger partial charge in [0.25, 0.3) is 5.91 Å². The molecule has 1 heterocycles. The topological polar surface area (TPSA) is 49.4 Å². The highest BCUT2D eigenvalue weighted by Gasteiger charge is 2.42. The van der Waals surface area contributed by atoms with Crippen molar-refractivity contribution >= 4 is 29.1 Å². The molecule has 124 valence electrons. The lowest BCUT2D eigenvalue weighted by Gasteiger charge is -2.16. The Labute approximate surface area is 146 Å². The lowest BCUT2D eigenvalue weighted by atomic mass is 9.85. The molecule has 2 aromatic rings. The second-order valence-corrected chi connectivity index (χ2v) is 6.90. The zero-order valence-electron chi connectivity index (χ0n) is 13.9. The second kappa shape index (κ2) is 5.95. The van der Waals surface area contributed by atoms with Gasteiger partial charge in [-0.15, -0.1) is 0 Å². The van der Waals surface area contributed by atoms with E-state index in [0.717, 1.165) is 16.8 Å². The van der Waals surface area contributed by atoms with Gasteiger partial charge in [-0.1, -0.05) is 29.8 Å². The van der Waals surface area contributed by atoms with Crippen LogP contribution in [0, 0.1) is 0 Å². The molecule has 0 radical (unpaired) electrons. The summed E-state index contributed by atoms with van der Waals surface area (Å²) in [5.74, 6) is -0.151. The maximum atomic E-state index is 12.5. The number of anilines is 1. The zero-order valence-corrected chi connectivity index (χ0v) is 14.6. The summed E-state index contributed by atoms with van der Waals surface area (Å²) in [7, 11) is 1.76. The van der Waals surface area contributed by atoms with Gasteiger partial charge in [0.2, 0.25) is 5.91 Å². The number of nitrogens with zero attached hydrogens (tertiary/aromatic N) is 1. The molecule has 0 unspecified atom stereocenters. The molecule has 5 heteroatoms. The number of nitrogens with one attached hydrogen (secondary N) is 1. The monoisotopic (exact) mass is 342 g/mol. The first-order valence-corrected chi connectivity index (χ1v) is 8.14. The molecular weight excluding hydrogens is 324 g/mol. The van der Waals surface area contributed by atoms with E-state index in [1.807, 2.05) is 38.1 Å². The summed E-state index contributed by atoms with van der Waals surface area (Å²) in [6, 6.07) is 12.8. The third-order valence-corrected chi connectivity index (χ3v) is 4.90. The highest BCUT2D eigenvalue weighted by atomic mass is 35.5. The Kier molecular flexibility index (Phi) is 4.10. The van der Waals surface area contributed by atoms with Crippen molar-refractivity contribution in [3.63, 3.8) is 0 Å². The Morgan fingerprint density at radius 2 is 1.92 bits per heavy atom. The van der Waals surface area contributed by atoms with Gasteiger partial charge in [0.15, 0.2) is 0 Å². The second-order valence-electron chi connectivity index (χ2n) is 6.50. The van der Waals surface area contributed by atoms with Gasteiger partial charge in [-0.3, -0.25) is 9.59 Å². The fourth-order valence-corrected chi connectivity index (χ4v) is 3.24. The minimum atomic E-state index is -0.622. The van der Waals surface area contributed by atoms with Gasteiger partial charge < -0.3 is 10.2 Å². The summed E-state index contributed by atoms with van der Waals surface area (Å²) >= 11 is 6.11. The predicted molar refractivity (Wildman–Crippen MR) is 95.5 cm³/mol. The molecule has 24 heavy (non-hydrogen) atoms. The van der Waals surface area contributed by atoms with Crippen LogP contribution in [0.1, 0.15) is 35.3 Å². The number of carbonyl (C=O) groups is 2. The van der Waals surface area contributed by atoms with Crippen LogP contribution >= 0.6 is 11.6 Å². The van der Waals surface area contributed by atoms with E-state index in [4.69, 9.17) is 11.6 Å². The van der Waals surface area contributed by atoms with Gasteiger partial charge in [-0.05, 0) is 49.2 Å². The molecule has 0 saturated heterocycles. The first-order valence-electron chi connectivity index (χ1n) is 7.76. The van der Waals surface area contributed by atoms with Gasteiger partial charge in [0.1, 0.15) is 0 Å². The number of rotatable bonds is 3. The fraction of sp³-hybridized carbons (Fsp3) is 0.263. The molecule has 1 aliphatic rings. The van der Waals surface area contributed by atoms with Crippen LogP contribution in [0.4, 0.5) is 5.69 Å². The molecule has 1 aliphatic heterocycles. The van der Waals surface area contributed by atoms with E-state index in [2.05, 4.69) is 5.32 Å². The maximum Gasteiger partial charge on any atom is 0.251 e. The van der Waals surface area contributed by atoms with Crippen LogP contribution < -0.4 is 10.2 Å². The normalized spacial score (nSPS) is 15.3. The van der Waals surface area contributed by atoms with Crippen LogP contribution in [0.3, 0.4) is 0 Å². The summed E-state index contributed by atoms with van der Waals surface area (Å²) in [4.78, 5) is 26.4. The number of fused-ring (bicyclic) bond motifs is 1. The summed E-state index contributed by atoms with van der Waals surface area (Å²) < 4.78 is 0. The molecule has 0 saturated carbocycles. The number of hydrogen-bond acceptors (Lipinski definition) is 2. The molecule has 1 N–H and O–H groups in total. The van der Waals surface area contributed by atoms with Crippen molar-refractivity contribution < 1.29 is 9.59 Å². The smallest absolute Gasteiger partial charge is 0.251 e. The van der Waals surface area contributed by atoms with Crippen molar-refractivity contribution in [1.82, 2.24) is 5.32 Å². The SMILES string of the molecule is CN1C(=O)C(C)(C)c2cc(C(=O)NCc3ccccc3Cl)ccc21. The predicted octanol–water partition coefficient (Wildman–Crippen LogP) is 3.52. The van der Waals surface area contributed by atoms with Crippen LogP contribution in [0.5, 0.6) is 0 Å². The average molecular weight is 343 g/mol. The van der Waals surface area contributed by atoms with Crippen molar-refractivity contribution in [2.24, 2.45) is 0 Å². The molecule has 0 bridgehead atoms. The highest BCUT2D eigenvalue weighted by Crippen LogP contribution is 2.41. The minimum absolute atomic E-state index is 0.0334. The summed E-state index contributed by atoms with van der Waals surface area (Å²) in [5, 5.41) is 3.50.